The summed E-state index contributed by atoms with van der Waals surface area (Å²) in [5.74, 6) is -1.42. The number of carbonyl (C=O) groups is 3. The van der Waals surface area contributed by atoms with E-state index in [-0.39, 0.29) is 24.8 Å². The van der Waals surface area contributed by atoms with Crippen LogP contribution in [0.3, 0.4) is 0 Å². The van der Waals surface area contributed by atoms with Crippen LogP contribution in [0.1, 0.15) is 38.1 Å². The van der Waals surface area contributed by atoms with E-state index in [4.69, 9.17) is 9.47 Å². The minimum absolute atomic E-state index is 0.200. The first-order valence-corrected chi connectivity index (χ1v) is 11.6. The second-order valence-corrected chi connectivity index (χ2v) is 9.17. The maximum Gasteiger partial charge on any atom is 0.410 e. The third kappa shape index (κ3) is 7.18. The van der Waals surface area contributed by atoms with Gasteiger partial charge in [-0.25, -0.2) is 9.18 Å². The van der Waals surface area contributed by atoms with Gasteiger partial charge < -0.3 is 19.3 Å². The molecule has 8 nitrogen and oxygen atoms in total. The first kappa shape index (κ1) is 26.0. The molecule has 9 heteroatoms. The highest BCUT2D eigenvalue weighted by Gasteiger charge is 2.26. The Morgan fingerprint density at radius 1 is 0.943 bits per heavy atom. The third-order valence-electron chi connectivity index (χ3n) is 5.39. The number of piperazine rings is 1. The van der Waals surface area contributed by atoms with E-state index in [0.717, 1.165) is 5.69 Å². The lowest BCUT2D eigenvalue weighted by Crippen LogP contribution is -2.50. The van der Waals surface area contributed by atoms with Crippen LogP contribution in [-0.2, 0) is 14.3 Å². The Morgan fingerprint density at radius 2 is 1.54 bits per heavy atom. The van der Waals surface area contributed by atoms with Gasteiger partial charge in [-0.3, -0.25) is 14.5 Å². The Kier molecular flexibility index (Phi) is 8.32. The lowest BCUT2D eigenvalue weighted by Gasteiger charge is -2.37. The summed E-state index contributed by atoms with van der Waals surface area (Å²) in [6.45, 7) is 9.51. The van der Waals surface area contributed by atoms with E-state index in [1.807, 2.05) is 32.9 Å². The van der Waals surface area contributed by atoms with E-state index in [0.29, 0.717) is 31.9 Å². The van der Waals surface area contributed by atoms with Crippen LogP contribution >= 0.6 is 0 Å². The van der Waals surface area contributed by atoms with Gasteiger partial charge in [0.1, 0.15) is 18.0 Å². The van der Waals surface area contributed by atoms with Gasteiger partial charge >= 0.3 is 12.1 Å². The van der Waals surface area contributed by atoms with Crippen LogP contribution < -0.4 is 9.80 Å². The molecule has 0 saturated carbocycles. The summed E-state index contributed by atoms with van der Waals surface area (Å²) >= 11 is 0. The topological polar surface area (TPSA) is 79.4 Å². The summed E-state index contributed by atoms with van der Waals surface area (Å²) < 4.78 is 23.8. The fraction of sp³-hybridized carbons (Fsp3) is 0.423. The van der Waals surface area contributed by atoms with Crippen molar-refractivity contribution in [2.45, 2.75) is 33.3 Å². The number of hydrogen-bond donors (Lipinski definition) is 0. The summed E-state index contributed by atoms with van der Waals surface area (Å²) in [7, 11) is 0. The van der Waals surface area contributed by atoms with Gasteiger partial charge in [0, 0.05) is 43.1 Å². The normalized spacial score (nSPS) is 13.9. The van der Waals surface area contributed by atoms with Crippen LogP contribution in [0.15, 0.2) is 48.5 Å². The predicted octanol–water partition coefficient (Wildman–Crippen LogP) is 4.09. The summed E-state index contributed by atoms with van der Waals surface area (Å²) in [6, 6.07) is 12.4. The lowest BCUT2D eigenvalue weighted by atomic mass is 10.1. The molecule has 2 aromatic rings. The van der Waals surface area contributed by atoms with Gasteiger partial charge in [0.25, 0.3) is 5.91 Å². The molecule has 0 bridgehead atoms. The van der Waals surface area contributed by atoms with Crippen LogP contribution in [0.25, 0.3) is 0 Å². The van der Waals surface area contributed by atoms with E-state index in [9.17, 15) is 18.8 Å². The molecular formula is C26H32FN3O5. The number of rotatable bonds is 6. The largest absolute Gasteiger partial charge is 0.465 e. The number of esters is 1. The first-order valence-electron chi connectivity index (χ1n) is 11.6. The monoisotopic (exact) mass is 485 g/mol. The molecule has 0 spiro atoms. The molecule has 1 saturated heterocycles. The van der Waals surface area contributed by atoms with Crippen molar-refractivity contribution >= 4 is 29.3 Å². The molecule has 0 atom stereocenters. The fourth-order valence-electron chi connectivity index (χ4n) is 3.68. The zero-order valence-electron chi connectivity index (χ0n) is 20.6. The highest BCUT2D eigenvalue weighted by molar-refractivity contribution is 6.08. The van der Waals surface area contributed by atoms with Crippen LogP contribution in [0, 0.1) is 5.82 Å². The molecule has 0 aliphatic carbocycles. The minimum Gasteiger partial charge on any atom is -0.465 e. The van der Waals surface area contributed by atoms with Crippen LogP contribution in [0.5, 0.6) is 0 Å². The van der Waals surface area contributed by atoms with Crippen molar-refractivity contribution in [3.63, 3.8) is 0 Å². The molecule has 1 aliphatic rings. The fourth-order valence-corrected chi connectivity index (χ4v) is 3.68. The van der Waals surface area contributed by atoms with Crippen molar-refractivity contribution in [1.29, 1.82) is 0 Å². The first-order chi connectivity index (χ1) is 16.6. The smallest absolute Gasteiger partial charge is 0.410 e. The van der Waals surface area contributed by atoms with E-state index in [2.05, 4.69) is 4.90 Å². The van der Waals surface area contributed by atoms with Gasteiger partial charge in [0.15, 0.2) is 0 Å². The zero-order chi connectivity index (χ0) is 25.6. The summed E-state index contributed by atoms with van der Waals surface area (Å²) in [4.78, 5) is 42.7. The van der Waals surface area contributed by atoms with E-state index >= 15 is 0 Å². The van der Waals surface area contributed by atoms with Crippen molar-refractivity contribution in [3.8, 4) is 0 Å². The second kappa shape index (κ2) is 11.2. The van der Waals surface area contributed by atoms with Gasteiger partial charge in [-0.1, -0.05) is 0 Å². The Bertz CT molecular complexity index is 1030. The number of hydrogen-bond acceptors (Lipinski definition) is 6. The highest BCUT2D eigenvalue weighted by atomic mass is 19.1. The zero-order valence-corrected chi connectivity index (χ0v) is 20.6. The number of halogens is 1. The third-order valence-corrected chi connectivity index (χ3v) is 5.39. The average Bonchev–Trinajstić information content (AvgIpc) is 2.82. The summed E-state index contributed by atoms with van der Waals surface area (Å²) in [5, 5.41) is 0. The van der Waals surface area contributed by atoms with Gasteiger partial charge in [0.2, 0.25) is 0 Å². The molecule has 2 amide bonds. The van der Waals surface area contributed by atoms with E-state index in [1.165, 1.54) is 29.2 Å². The number of carbonyl (C=O) groups excluding carboxylic acids is 3. The molecule has 2 aromatic carbocycles. The van der Waals surface area contributed by atoms with Gasteiger partial charge in [0.05, 0.1) is 6.61 Å². The molecular weight excluding hydrogens is 453 g/mol. The Labute approximate surface area is 205 Å². The molecule has 3 rings (SSSR count). The standard InChI is InChI=1S/C26H32FN3O5/c1-5-34-23(31)18-30(24(32)19-6-8-20(27)9-7-19)22-12-10-21(11-13-22)28-14-16-29(17-15-28)25(33)35-26(2,3)4/h6-13H,5,14-18H2,1-4H3. The van der Waals surface area contributed by atoms with Crippen LogP contribution in [-0.4, -0.2) is 67.8 Å². The van der Waals surface area contributed by atoms with Crippen molar-refractivity contribution in [2.75, 3.05) is 49.1 Å². The van der Waals surface area contributed by atoms with Crippen molar-refractivity contribution in [2.24, 2.45) is 0 Å². The number of nitrogens with zero attached hydrogens (tertiary/aromatic N) is 3. The van der Waals surface area contributed by atoms with Gasteiger partial charge in [-0.05, 0) is 76.2 Å². The number of anilines is 2. The summed E-state index contributed by atoms with van der Waals surface area (Å²) in [6.07, 6.45) is -0.318. The molecule has 0 unspecified atom stereocenters. The molecule has 0 radical (unpaired) electrons. The van der Waals surface area contributed by atoms with Crippen LogP contribution in [0.4, 0.5) is 20.6 Å². The lowest BCUT2D eigenvalue weighted by molar-refractivity contribution is -0.141. The Morgan fingerprint density at radius 3 is 2.09 bits per heavy atom. The van der Waals surface area contributed by atoms with Crippen molar-refractivity contribution < 1.29 is 28.2 Å². The maximum atomic E-state index is 13.3. The van der Waals surface area contributed by atoms with Crippen molar-refractivity contribution in [1.82, 2.24) is 4.90 Å². The van der Waals surface area contributed by atoms with Gasteiger partial charge in [-0.15, -0.1) is 0 Å². The quantitative estimate of drug-likeness (QED) is 0.574. The number of amides is 2. The number of ether oxygens (including phenoxy) is 2. The predicted molar refractivity (Wildman–Crippen MR) is 131 cm³/mol. The number of benzene rings is 2. The Balaban J connectivity index is 1.71. The molecule has 35 heavy (non-hydrogen) atoms. The molecule has 0 N–H and O–H groups in total. The molecule has 1 fully saturated rings. The SMILES string of the molecule is CCOC(=O)CN(C(=O)c1ccc(F)cc1)c1ccc(N2CCN(C(=O)OC(C)(C)C)CC2)cc1. The molecule has 0 aromatic heterocycles. The second-order valence-electron chi connectivity index (χ2n) is 9.17. The van der Waals surface area contributed by atoms with Crippen LogP contribution in [0.2, 0.25) is 0 Å². The van der Waals surface area contributed by atoms with Crippen molar-refractivity contribution in [3.05, 3.63) is 59.9 Å². The maximum absolute atomic E-state index is 13.3. The average molecular weight is 486 g/mol. The van der Waals surface area contributed by atoms with E-state index in [1.54, 1.807) is 24.0 Å². The van der Waals surface area contributed by atoms with Gasteiger partial charge in [-0.2, -0.15) is 0 Å². The molecule has 188 valence electrons. The Hall–Kier alpha value is -3.62. The minimum atomic E-state index is -0.537. The highest BCUT2D eigenvalue weighted by Crippen LogP contribution is 2.24. The summed E-state index contributed by atoms with van der Waals surface area (Å²) in [5.41, 5.74) is 1.18. The molecule has 1 aliphatic heterocycles. The molecule has 1 heterocycles. The van der Waals surface area contributed by atoms with E-state index < -0.39 is 23.3 Å².